The minimum Gasteiger partial charge on any atom is -0.399 e. The normalized spacial score (nSPS) is 11.2. The Morgan fingerprint density at radius 2 is 1.91 bits per heavy atom. The molecule has 0 radical (unpaired) electrons. The van der Waals surface area contributed by atoms with Crippen molar-refractivity contribution in [3.05, 3.63) is 52.2 Å². The number of hydrogen-bond acceptors (Lipinski definition) is 4. The molecule has 4 N–H and O–H groups in total. The van der Waals surface area contributed by atoms with Gasteiger partial charge in [0.05, 0.1) is 4.88 Å². The van der Waals surface area contributed by atoms with E-state index < -0.39 is 6.04 Å². The number of thiophene rings is 1. The fraction of sp³-hybridized carbons (Fsp3) is 0.250. The van der Waals surface area contributed by atoms with Crippen molar-refractivity contribution in [1.29, 1.82) is 0 Å². The van der Waals surface area contributed by atoms with Gasteiger partial charge in [-0.3, -0.25) is 9.59 Å². The molecule has 1 aromatic carbocycles. The molecular weight excluding hydrogens is 334 g/mol. The number of anilines is 1. The first-order valence-electron chi connectivity index (χ1n) is 7.03. The number of rotatable bonds is 6. The monoisotopic (exact) mass is 353 g/mol. The Kier molecular flexibility index (Phi) is 7.57. The van der Waals surface area contributed by atoms with Gasteiger partial charge in [-0.15, -0.1) is 23.7 Å². The van der Waals surface area contributed by atoms with Gasteiger partial charge in [0.1, 0.15) is 6.04 Å². The van der Waals surface area contributed by atoms with Crippen LogP contribution >= 0.6 is 23.7 Å². The van der Waals surface area contributed by atoms with Crippen molar-refractivity contribution in [2.45, 2.75) is 19.4 Å². The highest BCUT2D eigenvalue weighted by atomic mass is 35.5. The number of nitrogen functional groups attached to an aromatic ring is 1. The summed E-state index contributed by atoms with van der Waals surface area (Å²) >= 11 is 1.35. The van der Waals surface area contributed by atoms with Crippen LogP contribution in [0.4, 0.5) is 5.69 Å². The van der Waals surface area contributed by atoms with Crippen molar-refractivity contribution in [3.8, 4) is 0 Å². The molecule has 0 spiro atoms. The second-order valence-corrected chi connectivity index (χ2v) is 5.90. The number of carbonyl (C=O) groups excluding carboxylic acids is 2. The van der Waals surface area contributed by atoms with E-state index in [9.17, 15) is 9.59 Å². The number of amides is 2. The predicted molar refractivity (Wildman–Crippen MR) is 96.1 cm³/mol. The van der Waals surface area contributed by atoms with Gasteiger partial charge in [-0.25, -0.2) is 0 Å². The van der Waals surface area contributed by atoms with Crippen LogP contribution < -0.4 is 16.4 Å². The molecule has 0 aliphatic rings. The standard InChI is InChI=1S/C16H19N3O2S.ClH/c1-11(19-16(21)14-3-2-10-22-14)15(20)18-9-8-12-4-6-13(17)7-5-12;/h2-7,10-11H,8-9,17H2,1H3,(H,18,20)(H,19,21);1H. The van der Waals surface area contributed by atoms with Crippen LogP contribution in [0.25, 0.3) is 0 Å². The third-order valence-electron chi connectivity index (χ3n) is 3.18. The Morgan fingerprint density at radius 3 is 2.52 bits per heavy atom. The van der Waals surface area contributed by atoms with Crippen molar-refractivity contribution in [1.82, 2.24) is 10.6 Å². The number of nitrogens with two attached hydrogens (primary N) is 1. The lowest BCUT2D eigenvalue weighted by molar-refractivity contribution is -0.122. The molecule has 1 aromatic heterocycles. The van der Waals surface area contributed by atoms with Gasteiger partial charge in [-0.1, -0.05) is 18.2 Å². The van der Waals surface area contributed by atoms with Crippen LogP contribution in [0.15, 0.2) is 41.8 Å². The maximum absolute atomic E-state index is 12.0. The number of halogens is 1. The summed E-state index contributed by atoms with van der Waals surface area (Å²) in [6, 6.07) is 10.5. The van der Waals surface area contributed by atoms with E-state index >= 15 is 0 Å². The fourth-order valence-corrected chi connectivity index (χ4v) is 2.54. The van der Waals surface area contributed by atoms with E-state index in [0.717, 1.165) is 17.7 Å². The Hall–Kier alpha value is -2.05. The second-order valence-electron chi connectivity index (χ2n) is 4.96. The summed E-state index contributed by atoms with van der Waals surface area (Å²) in [5, 5.41) is 7.32. The van der Waals surface area contributed by atoms with Crippen LogP contribution in [0, 0.1) is 0 Å². The molecule has 0 aliphatic carbocycles. The minimum atomic E-state index is -0.569. The molecule has 0 saturated carbocycles. The van der Waals surface area contributed by atoms with E-state index in [1.165, 1.54) is 11.3 Å². The van der Waals surface area contributed by atoms with E-state index in [0.29, 0.717) is 11.4 Å². The Labute approximate surface area is 145 Å². The molecule has 7 heteroatoms. The first kappa shape index (κ1) is 19.0. The summed E-state index contributed by atoms with van der Waals surface area (Å²) in [6.45, 7) is 2.19. The van der Waals surface area contributed by atoms with Gasteiger partial charge >= 0.3 is 0 Å². The van der Waals surface area contributed by atoms with Gasteiger partial charge in [0.25, 0.3) is 5.91 Å². The van der Waals surface area contributed by atoms with Crippen LogP contribution in [0.3, 0.4) is 0 Å². The summed E-state index contributed by atoms with van der Waals surface area (Å²) in [5.74, 6) is -0.420. The average Bonchev–Trinajstić information content (AvgIpc) is 3.03. The molecule has 1 heterocycles. The largest absolute Gasteiger partial charge is 0.399 e. The number of carbonyl (C=O) groups is 2. The van der Waals surface area contributed by atoms with Gasteiger partial charge in [0.2, 0.25) is 5.91 Å². The summed E-state index contributed by atoms with van der Waals surface area (Å²) < 4.78 is 0. The molecule has 1 atom stereocenters. The molecule has 0 aliphatic heterocycles. The molecule has 0 saturated heterocycles. The lowest BCUT2D eigenvalue weighted by Crippen LogP contribution is -2.45. The number of nitrogens with one attached hydrogen (secondary N) is 2. The average molecular weight is 354 g/mol. The molecule has 2 aromatic rings. The molecular formula is C16H20ClN3O2S. The maximum atomic E-state index is 12.0. The lowest BCUT2D eigenvalue weighted by atomic mass is 10.1. The quantitative estimate of drug-likeness (QED) is 0.696. The molecule has 5 nitrogen and oxygen atoms in total. The molecule has 124 valence electrons. The highest BCUT2D eigenvalue weighted by Crippen LogP contribution is 2.08. The minimum absolute atomic E-state index is 0. The summed E-state index contributed by atoms with van der Waals surface area (Å²) in [7, 11) is 0. The van der Waals surface area contributed by atoms with Gasteiger partial charge in [0.15, 0.2) is 0 Å². The first-order chi connectivity index (χ1) is 10.6. The molecule has 0 fully saturated rings. The van der Waals surface area contributed by atoms with Crippen LogP contribution in [-0.4, -0.2) is 24.4 Å². The van der Waals surface area contributed by atoms with E-state index in [2.05, 4.69) is 10.6 Å². The highest BCUT2D eigenvalue weighted by molar-refractivity contribution is 7.12. The molecule has 0 bridgehead atoms. The Balaban J connectivity index is 0.00000264. The fourth-order valence-electron chi connectivity index (χ4n) is 1.91. The number of hydrogen-bond donors (Lipinski definition) is 3. The number of benzene rings is 1. The Bertz CT molecular complexity index is 629. The maximum Gasteiger partial charge on any atom is 0.261 e. The summed E-state index contributed by atoms with van der Waals surface area (Å²) in [6.07, 6.45) is 0.720. The third-order valence-corrected chi connectivity index (χ3v) is 4.05. The lowest BCUT2D eigenvalue weighted by Gasteiger charge is -2.13. The zero-order valence-corrected chi connectivity index (χ0v) is 14.4. The second kappa shape index (κ2) is 9.17. The van der Waals surface area contributed by atoms with Gasteiger partial charge in [-0.05, 0) is 42.5 Å². The molecule has 1 unspecified atom stereocenters. The van der Waals surface area contributed by atoms with Crippen molar-refractivity contribution in [3.63, 3.8) is 0 Å². The van der Waals surface area contributed by atoms with E-state index in [1.54, 1.807) is 19.1 Å². The van der Waals surface area contributed by atoms with Crippen molar-refractivity contribution >= 4 is 41.2 Å². The zero-order valence-electron chi connectivity index (χ0n) is 12.7. The van der Waals surface area contributed by atoms with Crippen LogP contribution in [0.1, 0.15) is 22.2 Å². The van der Waals surface area contributed by atoms with E-state index in [1.807, 2.05) is 29.6 Å². The van der Waals surface area contributed by atoms with E-state index in [-0.39, 0.29) is 24.2 Å². The van der Waals surface area contributed by atoms with Crippen LogP contribution in [0.5, 0.6) is 0 Å². The smallest absolute Gasteiger partial charge is 0.261 e. The molecule has 2 amide bonds. The first-order valence-corrected chi connectivity index (χ1v) is 7.90. The van der Waals surface area contributed by atoms with Gasteiger partial charge in [0, 0.05) is 12.2 Å². The topological polar surface area (TPSA) is 84.2 Å². The third kappa shape index (κ3) is 5.92. The van der Waals surface area contributed by atoms with Crippen molar-refractivity contribution < 1.29 is 9.59 Å². The van der Waals surface area contributed by atoms with Crippen LogP contribution in [-0.2, 0) is 11.2 Å². The summed E-state index contributed by atoms with van der Waals surface area (Å²) in [4.78, 5) is 24.4. The molecule has 23 heavy (non-hydrogen) atoms. The Morgan fingerprint density at radius 1 is 1.22 bits per heavy atom. The zero-order chi connectivity index (χ0) is 15.9. The van der Waals surface area contributed by atoms with Gasteiger partial charge in [-0.2, -0.15) is 0 Å². The van der Waals surface area contributed by atoms with Crippen molar-refractivity contribution in [2.75, 3.05) is 12.3 Å². The SMILES string of the molecule is CC(NC(=O)c1cccs1)C(=O)NCCc1ccc(N)cc1.Cl. The predicted octanol–water partition coefficient (Wildman–Crippen LogP) is 2.23. The van der Waals surface area contributed by atoms with Crippen molar-refractivity contribution in [2.24, 2.45) is 0 Å². The molecule has 2 rings (SSSR count). The van der Waals surface area contributed by atoms with E-state index in [4.69, 9.17) is 5.73 Å². The highest BCUT2D eigenvalue weighted by Gasteiger charge is 2.16. The van der Waals surface area contributed by atoms with Crippen LogP contribution in [0.2, 0.25) is 0 Å². The summed E-state index contributed by atoms with van der Waals surface area (Å²) in [5.41, 5.74) is 7.44. The van der Waals surface area contributed by atoms with Gasteiger partial charge < -0.3 is 16.4 Å².